The summed E-state index contributed by atoms with van der Waals surface area (Å²) in [5, 5.41) is 12.2. The zero-order chi connectivity index (χ0) is 23.2. The number of amides is 1. The van der Waals surface area contributed by atoms with Crippen LogP contribution in [0.5, 0.6) is 0 Å². The van der Waals surface area contributed by atoms with Crippen LogP contribution in [0, 0.1) is 19.8 Å². The summed E-state index contributed by atoms with van der Waals surface area (Å²) in [5.41, 5.74) is 5.60. The number of nitrogens with one attached hydrogen (secondary N) is 1. The molecular weight excluding hydrogens is 412 g/mol. The Morgan fingerprint density at radius 1 is 1.12 bits per heavy atom. The van der Waals surface area contributed by atoms with Gasteiger partial charge in [0.1, 0.15) is 5.69 Å². The van der Waals surface area contributed by atoms with Gasteiger partial charge in [0, 0.05) is 54.6 Å². The average molecular weight is 441 g/mol. The van der Waals surface area contributed by atoms with Gasteiger partial charge in [0.15, 0.2) is 0 Å². The van der Waals surface area contributed by atoms with Crippen LogP contribution < -0.4 is 5.32 Å². The van der Waals surface area contributed by atoms with Crippen molar-refractivity contribution in [2.45, 2.75) is 27.3 Å². The molecule has 0 bridgehead atoms. The van der Waals surface area contributed by atoms with Crippen LogP contribution in [0.1, 0.15) is 23.9 Å². The average Bonchev–Trinajstić information content (AvgIpc) is 3.40. The number of carbonyl (C=O) groups is 1. The second-order valence-corrected chi connectivity index (χ2v) is 8.25. The lowest BCUT2D eigenvalue weighted by atomic mass is 10.1. The summed E-state index contributed by atoms with van der Waals surface area (Å²) in [6.45, 7) is 7.47. The second-order valence-electron chi connectivity index (χ2n) is 8.25. The van der Waals surface area contributed by atoms with Crippen molar-refractivity contribution in [1.29, 1.82) is 0 Å². The second kappa shape index (κ2) is 10.1. The zero-order valence-corrected chi connectivity index (χ0v) is 19.1. The van der Waals surface area contributed by atoms with Crippen LogP contribution in [0.25, 0.3) is 23.0 Å². The molecule has 7 nitrogen and oxygen atoms in total. The van der Waals surface area contributed by atoms with Crippen molar-refractivity contribution in [1.82, 2.24) is 29.9 Å². The lowest BCUT2D eigenvalue weighted by molar-refractivity contribution is -0.116. The molecule has 1 atom stereocenters. The first-order chi connectivity index (χ1) is 16.0. The molecule has 33 heavy (non-hydrogen) atoms. The lowest BCUT2D eigenvalue weighted by Crippen LogP contribution is -2.29. The molecule has 1 aromatic carbocycles. The molecule has 0 aliphatic heterocycles. The fourth-order valence-corrected chi connectivity index (χ4v) is 3.67. The Morgan fingerprint density at radius 2 is 1.94 bits per heavy atom. The maximum Gasteiger partial charge on any atom is 0.244 e. The molecule has 0 radical (unpaired) electrons. The van der Waals surface area contributed by atoms with E-state index in [2.05, 4.69) is 28.4 Å². The van der Waals surface area contributed by atoms with Crippen molar-refractivity contribution in [3.8, 4) is 16.9 Å². The highest BCUT2D eigenvalue weighted by Gasteiger charge is 2.12. The molecule has 7 heteroatoms. The van der Waals surface area contributed by atoms with Crippen molar-refractivity contribution in [2.75, 3.05) is 6.54 Å². The summed E-state index contributed by atoms with van der Waals surface area (Å²) < 4.78 is 3.80. The molecule has 4 rings (SSSR count). The van der Waals surface area contributed by atoms with Gasteiger partial charge in [-0.15, -0.1) is 0 Å². The standard InChI is InChI=1S/C26H28N6O/c1-19(17-31-21(3)14-20(2)29-31)15-28-25(33)12-11-23-18-32(24-9-5-4-6-10-24)30-26(23)22-8-7-13-27-16-22/h4-14,16,18-19H,15,17H2,1-3H3,(H,28,33)/b12-11+. The minimum absolute atomic E-state index is 0.139. The van der Waals surface area contributed by atoms with E-state index in [9.17, 15) is 4.79 Å². The van der Waals surface area contributed by atoms with Gasteiger partial charge in [0.2, 0.25) is 5.91 Å². The Bertz CT molecular complexity index is 1240. The van der Waals surface area contributed by atoms with Gasteiger partial charge in [0.25, 0.3) is 0 Å². The van der Waals surface area contributed by atoms with Gasteiger partial charge in [-0.2, -0.15) is 10.2 Å². The number of aryl methyl sites for hydroxylation is 2. The van der Waals surface area contributed by atoms with Gasteiger partial charge in [0.05, 0.1) is 11.4 Å². The van der Waals surface area contributed by atoms with Crippen LogP contribution in [0.15, 0.2) is 73.2 Å². The topological polar surface area (TPSA) is 77.6 Å². The van der Waals surface area contributed by atoms with E-state index in [-0.39, 0.29) is 11.8 Å². The minimum atomic E-state index is -0.139. The lowest BCUT2D eigenvalue weighted by Gasteiger charge is -2.13. The van der Waals surface area contributed by atoms with E-state index in [1.165, 1.54) is 0 Å². The Morgan fingerprint density at radius 3 is 2.64 bits per heavy atom. The van der Waals surface area contributed by atoms with E-state index < -0.39 is 0 Å². The van der Waals surface area contributed by atoms with E-state index in [0.717, 1.165) is 40.4 Å². The first-order valence-corrected chi connectivity index (χ1v) is 11.0. The third-order valence-electron chi connectivity index (χ3n) is 5.33. The molecule has 3 aromatic heterocycles. The number of benzene rings is 1. The third-order valence-corrected chi connectivity index (χ3v) is 5.33. The van der Waals surface area contributed by atoms with E-state index in [4.69, 9.17) is 5.10 Å². The molecule has 0 spiro atoms. The summed E-state index contributed by atoms with van der Waals surface area (Å²) in [5.74, 6) is 0.118. The summed E-state index contributed by atoms with van der Waals surface area (Å²) in [6.07, 6.45) is 8.79. The largest absolute Gasteiger partial charge is 0.352 e. The number of aromatic nitrogens is 5. The van der Waals surface area contributed by atoms with Gasteiger partial charge in [-0.25, -0.2) is 4.68 Å². The maximum atomic E-state index is 12.5. The quantitative estimate of drug-likeness (QED) is 0.416. The molecule has 0 saturated carbocycles. The molecular formula is C26H28N6O. The van der Waals surface area contributed by atoms with Crippen molar-refractivity contribution >= 4 is 12.0 Å². The predicted octanol–water partition coefficient (Wildman–Crippen LogP) is 4.21. The Labute approximate surface area is 193 Å². The van der Waals surface area contributed by atoms with Gasteiger partial charge < -0.3 is 5.32 Å². The highest BCUT2D eigenvalue weighted by molar-refractivity contribution is 5.92. The number of pyridine rings is 1. The SMILES string of the molecule is Cc1cc(C)n(CC(C)CNC(=O)/C=C/c2cn(-c3ccccc3)nc2-c2cccnc2)n1. The molecule has 3 heterocycles. The summed E-state index contributed by atoms with van der Waals surface area (Å²) in [4.78, 5) is 16.7. The Kier molecular flexibility index (Phi) is 6.78. The van der Waals surface area contributed by atoms with Crippen molar-refractivity contribution in [2.24, 2.45) is 5.92 Å². The normalized spacial score (nSPS) is 12.2. The van der Waals surface area contributed by atoms with E-state index >= 15 is 0 Å². The third kappa shape index (κ3) is 5.63. The van der Waals surface area contributed by atoms with Gasteiger partial charge in [-0.1, -0.05) is 25.1 Å². The maximum absolute atomic E-state index is 12.5. The van der Waals surface area contributed by atoms with E-state index in [1.807, 2.05) is 71.9 Å². The zero-order valence-electron chi connectivity index (χ0n) is 19.1. The van der Waals surface area contributed by atoms with Gasteiger partial charge in [-0.05, 0) is 56.2 Å². The van der Waals surface area contributed by atoms with Crippen molar-refractivity contribution < 1.29 is 4.79 Å². The molecule has 0 fully saturated rings. The summed E-state index contributed by atoms with van der Waals surface area (Å²) >= 11 is 0. The Hall–Kier alpha value is -4.00. The van der Waals surface area contributed by atoms with Crippen molar-refractivity contribution in [3.63, 3.8) is 0 Å². The first-order valence-electron chi connectivity index (χ1n) is 11.0. The first kappa shape index (κ1) is 22.2. The summed E-state index contributed by atoms with van der Waals surface area (Å²) in [7, 11) is 0. The van der Waals surface area contributed by atoms with Crippen LogP contribution in [-0.2, 0) is 11.3 Å². The number of rotatable bonds is 8. The number of hydrogen-bond donors (Lipinski definition) is 1. The van der Waals surface area contributed by atoms with Gasteiger partial charge >= 0.3 is 0 Å². The number of para-hydroxylation sites is 1. The molecule has 0 saturated heterocycles. The minimum Gasteiger partial charge on any atom is -0.352 e. The Balaban J connectivity index is 1.45. The summed E-state index contributed by atoms with van der Waals surface area (Å²) in [6, 6.07) is 15.8. The fraction of sp³-hybridized carbons (Fsp3) is 0.231. The monoisotopic (exact) mass is 440 g/mol. The number of nitrogens with zero attached hydrogens (tertiary/aromatic N) is 5. The number of hydrogen-bond acceptors (Lipinski definition) is 4. The van der Waals surface area contributed by atoms with Crippen LogP contribution >= 0.6 is 0 Å². The molecule has 4 aromatic rings. The fourth-order valence-electron chi connectivity index (χ4n) is 3.67. The number of carbonyl (C=O) groups excluding carboxylic acids is 1. The highest BCUT2D eigenvalue weighted by atomic mass is 16.1. The molecule has 168 valence electrons. The van der Waals surface area contributed by atoms with Crippen molar-refractivity contribution in [3.05, 3.63) is 90.1 Å². The molecule has 1 unspecified atom stereocenters. The molecule has 0 aliphatic rings. The van der Waals surface area contributed by atoms with Crippen LogP contribution in [0.3, 0.4) is 0 Å². The molecule has 1 amide bonds. The van der Waals surface area contributed by atoms with E-state index in [0.29, 0.717) is 6.54 Å². The molecule has 0 aliphatic carbocycles. The predicted molar refractivity (Wildman–Crippen MR) is 130 cm³/mol. The smallest absolute Gasteiger partial charge is 0.244 e. The van der Waals surface area contributed by atoms with E-state index in [1.54, 1.807) is 24.5 Å². The highest BCUT2D eigenvalue weighted by Crippen LogP contribution is 2.24. The van der Waals surface area contributed by atoms with Crippen LogP contribution in [0.2, 0.25) is 0 Å². The van der Waals surface area contributed by atoms with Crippen LogP contribution in [0.4, 0.5) is 0 Å². The molecule has 1 N–H and O–H groups in total. The van der Waals surface area contributed by atoms with Gasteiger partial charge in [-0.3, -0.25) is 14.5 Å². The van der Waals surface area contributed by atoms with Crippen LogP contribution in [-0.4, -0.2) is 37.0 Å².